The van der Waals surface area contributed by atoms with Crippen molar-refractivity contribution in [2.24, 2.45) is 10.8 Å². The topological polar surface area (TPSA) is 111 Å². The Morgan fingerprint density at radius 3 is 1.89 bits per heavy atom. The van der Waals surface area contributed by atoms with E-state index in [1.54, 1.807) is 41.5 Å². The lowest BCUT2D eigenvalue weighted by molar-refractivity contribution is -0.123. The molecular weight excluding hydrogens is 505 g/mol. The summed E-state index contributed by atoms with van der Waals surface area (Å²) < 4.78 is 53.9. The molecule has 2 aromatic rings. The van der Waals surface area contributed by atoms with E-state index in [1.807, 2.05) is 0 Å². The van der Waals surface area contributed by atoms with Crippen molar-refractivity contribution in [3.63, 3.8) is 0 Å². The fraction of sp³-hybridized carbons (Fsp3) is 0.407. The fourth-order valence-corrected chi connectivity index (χ4v) is 2.99. The van der Waals surface area contributed by atoms with Crippen LogP contribution in [-0.4, -0.2) is 37.3 Å². The number of hydrogen-bond acceptors (Lipinski definition) is 6. The highest BCUT2D eigenvalue weighted by Gasteiger charge is 2.31. The van der Waals surface area contributed by atoms with Crippen molar-refractivity contribution in [3.8, 4) is 5.75 Å². The zero-order chi connectivity index (χ0) is 29.0. The van der Waals surface area contributed by atoms with Gasteiger partial charge < -0.3 is 20.1 Å². The summed E-state index contributed by atoms with van der Waals surface area (Å²) in [5, 5.41) is 4.69. The van der Waals surface area contributed by atoms with Gasteiger partial charge in [0, 0.05) is 29.6 Å². The van der Waals surface area contributed by atoms with Crippen molar-refractivity contribution in [2.45, 2.75) is 48.0 Å². The van der Waals surface area contributed by atoms with Gasteiger partial charge in [-0.25, -0.2) is 13.2 Å². The summed E-state index contributed by atoms with van der Waals surface area (Å²) in [6.07, 6.45) is -0.933. The molecule has 0 aliphatic heterocycles. The highest BCUT2D eigenvalue weighted by Crippen LogP contribution is 2.35. The normalized spacial score (nSPS) is 11.6. The maximum absolute atomic E-state index is 14.8. The third-order valence-electron chi connectivity index (χ3n) is 5.25. The van der Waals surface area contributed by atoms with Crippen LogP contribution in [0.4, 0.5) is 24.5 Å². The van der Waals surface area contributed by atoms with Gasteiger partial charge >= 0.3 is 0 Å². The van der Waals surface area contributed by atoms with Crippen LogP contribution in [0.15, 0.2) is 24.3 Å². The van der Waals surface area contributed by atoms with Gasteiger partial charge in [0.1, 0.15) is 5.82 Å². The van der Waals surface area contributed by atoms with E-state index >= 15 is 0 Å². The number of halogens is 3. The Hall–Kier alpha value is -3.73. The average Bonchev–Trinajstić information content (AvgIpc) is 2.79. The second-order valence-electron chi connectivity index (χ2n) is 10.6. The number of ether oxygens (including phenoxy) is 2. The molecule has 2 rings (SSSR count). The lowest BCUT2D eigenvalue weighted by Crippen LogP contribution is -2.29. The van der Waals surface area contributed by atoms with Crippen molar-refractivity contribution in [1.82, 2.24) is 0 Å². The van der Waals surface area contributed by atoms with Gasteiger partial charge in [-0.15, -0.1) is 0 Å². The maximum atomic E-state index is 14.8. The zero-order valence-electron chi connectivity index (χ0n) is 22.3. The Kier molecular flexibility index (Phi) is 9.44. The first-order chi connectivity index (χ1) is 17.5. The number of benzene rings is 2. The van der Waals surface area contributed by atoms with Crippen LogP contribution in [0.3, 0.4) is 0 Å². The maximum Gasteiger partial charge on any atom is 0.229 e. The zero-order valence-corrected chi connectivity index (χ0v) is 22.3. The molecule has 2 N–H and O–H groups in total. The molecule has 0 fully saturated rings. The number of carbonyl (C=O) groups excluding carboxylic acids is 4. The molecule has 206 valence electrons. The van der Waals surface area contributed by atoms with E-state index in [0.29, 0.717) is 6.07 Å². The van der Waals surface area contributed by atoms with Gasteiger partial charge in [0.2, 0.25) is 11.8 Å². The van der Waals surface area contributed by atoms with Crippen LogP contribution in [0.25, 0.3) is 0 Å². The smallest absolute Gasteiger partial charge is 0.229 e. The fourth-order valence-electron chi connectivity index (χ4n) is 2.99. The van der Waals surface area contributed by atoms with E-state index < -0.39 is 81.9 Å². The third-order valence-corrected chi connectivity index (χ3v) is 5.25. The van der Waals surface area contributed by atoms with Crippen LogP contribution in [0, 0.1) is 28.3 Å². The number of hydrogen-bond donors (Lipinski definition) is 2. The Morgan fingerprint density at radius 2 is 1.37 bits per heavy atom. The van der Waals surface area contributed by atoms with Gasteiger partial charge in [0.25, 0.3) is 0 Å². The molecule has 38 heavy (non-hydrogen) atoms. The number of anilines is 2. The predicted molar refractivity (Wildman–Crippen MR) is 135 cm³/mol. The largest absolute Gasteiger partial charge is 0.464 e. The van der Waals surface area contributed by atoms with Crippen molar-refractivity contribution in [1.29, 1.82) is 0 Å². The molecule has 11 heteroatoms. The first-order valence-corrected chi connectivity index (χ1v) is 11.6. The standard InChI is InChI=1S/C27H31F3N2O6/c1-26(2,3)24(35)31-18-9-8-14(10-15(18)28)19(33)12-20(34)21-22(32-25(36)27(4,5)6)16(29)11-17(30)23(21)38-13-37-7/h8-11H,12-13H2,1-7H3,(H,31,35)(H,32,36). The van der Waals surface area contributed by atoms with Crippen molar-refractivity contribution in [3.05, 3.63) is 52.8 Å². The molecule has 0 radical (unpaired) electrons. The van der Waals surface area contributed by atoms with Crippen molar-refractivity contribution < 1.29 is 41.8 Å². The summed E-state index contributed by atoms with van der Waals surface area (Å²) >= 11 is 0. The van der Waals surface area contributed by atoms with Gasteiger partial charge in [-0.2, -0.15) is 0 Å². The molecule has 0 saturated carbocycles. The first kappa shape index (κ1) is 30.5. The highest BCUT2D eigenvalue weighted by molar-refractivity contribution is 6.17. The number of rotatable bonds is 9. The minimum atomic E-state index is -1.26. The molecule has 0 heterocycles. The quantitative estimate of drug-likeness (QED) is 0.248. The number of carbonyl (C=O) groups is 4. The number of Topliss-reactive ketones (excluding diaryl/α,β-unsaturated/α-hetero) is 2. The first-order valence-electron chi connectivity index (χ1n) is 11.6. The van der Waals surface area contributed by atoms with E-state index in [4.69, 9.17) is 9.47 Å². The molecule has 0 unspecified atom stereocenters. The minimum Gasteiger partial charge on any atom is -0.464 e. The van der Waals surface area contributed by atoms with Gasteiger partial charge in [-0.3, -0.25) is 19.2 Å². The molecule has 0 aliphatic carbocycles. The predicted octanol–water partition coefficient (Wildman–Crippen LogP) is 5.51. The molecule has 2 aromatic carbocycles. The Bertz CT molecular complexity index is 1260. The SMILES string of the molecule is COCOc1c(F)cc(F)c(NC(=O)C(C)(C)C)c1C(=O)CC(=O)c1ccc(NC(=O)C(C)(C)C)c(F)c1. The summed E-state index contributed by atoms with van der Waals surface area (Å²) in [5.41, 5.74) is -3.56. The number of ketones is 2. The van der Waals surface area contributed by atoms with Gasteiger partial charge in [-0.1, -0.05) is 41.5 Å². The van der Waals surface area contributed by atoms with E-state index in [0.717, 1.165) is 6.07 Å². The molecule has 0 aliphatic rings. The third kappa shape index (κ3) is 7.41. The lowest BCUT2D eigenvalue weighted by Gasteiger charge is -2.21. The lowest BCUT2D eigenvalue weighted by atomic mass is 9.94. The molecular formula is C27H31F3N2O6. The summed E-state index contributed by atoms with van der Waals surface area (Å²) in [5.74, 6) is -7.25. The Morgan fingerprint density at radius 1 is 0.789 bits per heavy atom. The molecule has 0 saturated heterocycles. The van der Waals surface area contributed by atoms with Gasteiger partial charge in [-0.05, 0) is 18.2 Å². The van der Waals surface area contributed by atoms with Crippen LogP contribution in [0.5, 0.6) is 5.75 Å². The van der Waals surface area contributed by atoms with E-state index in [1.165, 1.54) is 19.2 Å². The van der Waals surface area contributed by atoms with Crippen molar-refractivity contribution >= 4 is 34.8 Å². The monoisotopic (exact) mass is 536 g/mol. The molecule has 0 bridgehead atoms. The van der Waals surface area contributed by atoms with Gasteiger partial charge in [0.15, 0.2) is 35.7 Å². The average molecular weight is 537 g/mol. The number of methoxy groups -OCH3 is 1. The summed E-state index contributed by atoms with van der Waals surface area (Å²) in [7, 11) is 1.23. The molecule has 0 spiro atoms. The Balaban J connectivity index is 2.44. The van der Waals surface area contributed by atoms with Crippen LogP contribution >= 0.6 is 0 Å². The van der Waals surface area contributed by atoms with Gasteiger partial charge in [0.05, 0.1) is 23.4 Å². The Labute approximate surface area is 218 Å². The second kappa shape index (κ2) is 11.8. The van der Waals surface area contributed by atoms with E-state index in [9.17, 15) is 32.3 Å². The molecule has 8 nitrogen and oxygen atoms in total. The summed E-state index contributed by atoms with van der Waals surface area (Å²) in [6, 6.07) is 3.64. The number of amides is 2. The van der Waals surface area contributed by atoms with Crippen LogP contribution in [-0.2, 0) is 14.3 Å². The number of nitrogens with one attached hydrogen (secondary N) is 2. The van der Waals surface area contributed by atoms with E-state index in [2.05, 4.69) is 10.6 Å². The summed E-state index contributed by atoms with van der Waals surface area (Å²) in [4.78, 5) is 50.7. The molecule has 0 aromatic heterocycles. The van der Waals surface area contributed by atoms with Crippen LogP contribution in [0.1, 0.15) is 68.7 Å². The van der Waals surface area contributed by atoms with Crippen LogP contribution < -0.4 is 15.4 Å². The van der Waals surface area contributed by atoms with Crippen molar-refractivity contribution in [2.75, 3.05) is 24.5 Å². The molecule has 2 amide bonds. The molecule has 0 atom stereocenters. The van der Waals surface area contributed by atoms with E-state index in [-0.39, 0.29) is 11.3 Å². The minimum absolute atomic E-state index is 0.164. The van der Waals surface area contributed by atoms with Crippen LogP contribution in [0.2, 0.25) is 0 Å². The second-order valence-corrected chi connectivity index (χ2v) is 10.6. The highest BCUT2D eigenvalue weighted by atomic mass is 19.1. The summed E-state index contributed by atoms with van der Waals surface area (Å²) in [6.45, 7) is 9.03.